The van der Waals surface area contributed by atoms with Crippen molar-refractivity contribution in [1.82, 2.24) is 29.3 Å². The van der Waals surface area contributed by atoms with Gasteiger partial charge < -0.3 is 5.73 Å². The second-order valence-corrected chi connectivity index (χ2v) is 8.18. The summed E-state index contributed by atoms with van der Waals surface area (Å²) in [6.45, 7) is 4.07. The SMILES string of the molecule is Cc1ccccc1-n1c(Cn2nc(Cl)c3c(N)ncnc32)nc2scc(C)c2c1=O. The highest BCUT2D eigenvalue weighted by molar-refractivity contribution is 7.16. The lowest BCUT2D eigenvalue weighted by atomic mass is 10.2. The van der Waals surface area contributed by atoms with Crippen molar-refractivity contribution in [2.24, 2.45) is 0 Å². The Labute approximate surface area is 179 Å². The van der Waals surface area contributed by atoms with E-state index in [0.29, 0.717) is 27.1 Å². The summed E-state index contributed by atoms with van der Waals surface area (Å²) < 4.78 is 3.24. The molecule has 4 heterocycles. The number of para-hydroxylation sites is 1. The highest BCUT2D eigenvalue weighted by atomic mass is 35.5. The van der Waals surface area contributed by atoms with Gasteiger partial charge in [0.2, 0.25) is 0 Å². The van der Waals surface area contributed by atoms with Crippen LogP contribution in [0.2, 0.25) is 5.15 Å². The van der Waals surface area contributed by atoms with Crippen molar-refractivity contribution < 1.29 is 0 Å². The van der Waals surface area contributed by atoms with Gasteiger partial charge in [-0.1, -0.05) is 29.8 Å². The number of aryl methyl sites for hydroxylation is 2. The Morgan fingerprint density at radius 1 is 1.13 bits per heavy atom. The molecule has 8 nitrogen and oxygen atoms in total. The molecule has 0 aliphatic rings. The molecule has 0 saturated heterocycles. The van der Waals surface area contributed by atoms with E-state index in [-0.39, 0.29) is 23.1 Å². The van der Waals surface area contributed by atoms with Crippen LogP contribution in [-0.4, -0.2) is 29.3 Å². The van der Waals surface area contributed by atoms with E-state index in [1.807, 2.05) is 43.5 Å². The van der Waals surface area contributed by atoms with Gasteiger partial charge in [-0.05, 0) is 36.4 Å². The van der Waals surface area contributed by atoms with Crippen LogP contribution in [0.5, 0.6) is 0 Å². The van der Waals surface area contributed by atoms with Crippen LogP contribution in [0.3, 0.4) is 0 Å². The van der Waals surface area contributed by atoms with Gasteiger partial charge >= 0.3 is 0 Å². The maximum atomic E-state index is 13.5. The third-order valence-corrected chi connectivity index (χ3v) is 6.28. The van der Waals surface area contributed by atoms with Gasteiger partial charge in [-0.2, -0.15) is 5.10 Å². The van der Waals surface area contributed by atoms with Crippen molar-refractivity contribution in [3.63, 3.8) is 0 Å². The maximum absolute atomic E-state index is 13.5. The van der Waals surface area contributed by atoms with Crippen molar-refractivity contribution in [2.75, 3.05) is 5.73 Å². The predicted molar refractivity (Wildman–Crippen MR) is 119 cm³/mol. The van der Waals surface area contributed by atoms with E-state index in [9.17, 15) is 4.79 Å². The summed E-state index contributed by atoms with van der Waals surface area (Å²) in [5.74, 6) is 0.784. The second-order valence-electron chi connectivity index (χ2n) is 6.96. The first kappa shape index (κ1) is 18.7. The van der Waals surface area contributed by atoms with Crippen molar-refractivity contribution >= 4 is 50.0 Å². The van der Waals surface area contributed by atoms with E-state index in [4.69, 9.17) is 22.3 Å². The molecule has 0 aliphatic carbocycles. The molecule has 0 spiro atoms. The lowest BCUT2D eigenvalue weighted by Crippen LogP contribution is -2.26. The molecule has 2 N–H and O–H groups in total. The van der Waals surface area contributed by atoms with Crippen LogP contribution < -0.4 is 11.3 Å². The molecule has 4 aromatic heterocycles. The quantitative estimate of drug-likeness (QED) is 0.463. The first-order valence-electron chi connectivity index (χ1n) is 9.14. The molecular formula is C20H16ClN7OS. The van der Waals surface area contributed by atoms with Gasteiger partial charge in [-0.3, -0.25) is 9.36 Å². The second kappa shape index (κ2) is 6.89. The molecule has 30 heavy (non-hydrogen) atoms. The molecule has 10 heteroatoms. The van der Waals surface area contributed by atoms with Gasteiger partial charge in [-0.15, -0.1) is 11.3 Å². The number of nitrogen functional groups attached to an aromatic ring is 1. The fourth-order valence-electron chi connectivity index (χ4n) is 3.57. The Hall–Kier alpha value is -3.30. The molecule has 0 fully saturated rings. The Morgan fingerprint density at radius 3 is 2.73 bits per heavy atom. The summed E-state index contributed by atoms with van der Waals surface area (Å²) in [4.78, 5) is 27.3. The highest BCUT2D eigenvalue weighted by Gasteiger charge is 2.20. The number of nitrogens with two attached hydrogens (primary N) is 1. The molecule has 0 aliphatic heterocycles. The smallest absolute Gasteiger partial charge is 0.267 e. The number of thiophene rings is 1. The van der Waals surface area contributed by atoms with Gasteiger partial charge in [-0.25, -0.2) is 19.6 Å². The van der Waals surface area contributed by atoms with Crippen LogP contribution in [0.15, 0.2) is 40.8 Å². The lowest BCUT2D eigenvalue weighted by molar-refractivity contribution is 0.649. The van der Waals surface area contributed by atoms with Crippen molar-refractivity contribution in [3.8, 4) is 5.69 Å². The van der Waals surface area contributed by atoms with Crippen LogP contribution in [-0.2, 0) is 6.54 Å². The Morgan fingerprint density at radius 2 is 1.93 bits per heavy atom. The number of halogens is 1. The number of benzene rings is 1. The minimum atomic E-state index is -0.111. The zero-order chi connectivity index (χ0) is 21.0. The molecule has 5 aromatic rings. The molecule has 0 saturated carbocycles. The maximum Gasteiger partial charge on any atom is 0.267 e. The van der Waals surface area contributed by atoms with Crippen LogP contribution >= 0.6 is 22.9 Å². The number of fused-ring (bicyclic) bond motifs is 2. The van der Waals surface area contributed by atoms with E-state index < -0.39 is 0 Å². The number of rotatable bonds is 3. The summed E-state index contributed by atoms with van der Waals surface area (Å²) in [7, 11) is 0. The molecular weight excluding hydrogens is 422 g/mol. The zero-order valence-corrected chi connectivity index (χ0v) is 17.7. The average Bonchev–Trinajstić information content (AvgIpc) is 3.24. The fraction of sp³-hybridized carbons (Fsp3) is 0.150. The van der Waals surface area contributed by atoms with E-state index >= 15 is 0 Å². The topological polar surface area (TPSA) is 105 Å². The number of aromatic nitrogens is 6. The zero-order valence-electron chi connectivity index (χ0n) is 16.1. The third kappa shape index (κ3) is 2.78. The molecule has 0 bridgehead atoms. The molecule has 0 amide bonds. The Kier molecular flexibility index (Phi) is 4.30. The van der Waals surface area contributed by atoms with Gasteiger partial charge in [0, 0.05) is 0 Å². The minimum absolute atomic E-state index is 0.111. The summed E-state index contributed by atoms with van der Waals surface area (Å²) in [5, 5.41) is 7.63. The van der Waals surface area contributed by atoms with E-state index in [0.717, 1.165) is 16.8 Å². The molecule has 1 aromatic carbocycles. The summed E-state index contributed by atoms with van der Waals surface area (Å²) in [6.07, 6.45) is 1.36. The van der Waals surface area contributed by atoms with Gasteiger partial charge in [0.15, 0.2) is 10.8 Å². The van der Waals surface area contributed by atoms with Crippen LogP contribution in [0.4, 0.5) is 5.82 Å². The lowest BCUT2D eigenvalue weighted by Gasteiger charge is -2.15. The van der Waals surface area contributed by atoms with Gasteiger partial charge in [0.05, 0.1) is 11.1 Å². The van der Waals surface area contributed by atoms with Crippen molar-refractivity contribution in [2.45, 2.75) is 20.4 Å². The standard InChI is InChI=1S/C20H16ClN7OS/c1-10-5-3-4-6-12(10)28-13(25-19-14(20(28)29)11(2)8-30-19)7-27-18-15(16(21)26-27)17(22)23-9-24-18/h3-6,8-9H,7H2,1-2H3,(H2,22,23,24). The average molecular weight is 438 g/mol. The molecule has 0 atom stereocenters. The predicted octanol–water partition coefficient (Wildman–Crippen LogP) is 3.49. The Bertz CT molecular complexity index is 1500. The summed E-state index contributed by atoms with van der Waals surface area (Å²) >= 11 is 7.73. The molecule has 0 unspecified atom stereocenters. The van der Waals surface area contributed by atoms with Crippen molar-refractivity contribution in [1.29, 1.82) is 0 Å². The Balaban J connectivity index is 1.80. The number of hydrogen-bond acceptors (Lipinski definition) is 7. The van der Waals surface area contributed by atoms with E-state index in [1.165, 1.54) is 17.7 Å². The van der Waals surface area contributed by atoms with Gasteiger partial charge in [0.25, 0.3) is 5.56 Å². The molecule has 150 valence electrons. The van der Waals surface area contributed by atoms with Crippen LogP contribution in [0.1, 0.15) is 17.0 Å². The van der Waals surface area contributed by atoms with Crippen molar-refractivity contribution in [3.05, 3.63) is 68.4 Å². The number of hydrogen-bond donors (Lipinski definition) is 1. The number of nitrogens with zero attached hydrogens (tertiary/aromatic N) is 6. The largest absolute Gasteiger partial charge is 0.383 e. The third-order valence-electron chi connectivity index (χ3n) is 5.02. The first-order chi connectivity index (χ1) is 14.5. The normalized spacial score (nSPS) is 11.6. The van der Waals surface area contributed by atoms with E-state index in [2.05, 4.69) is 15.1 Å². The minimum Gasteiger partial charge on any atom is -0.383 e. The summed E-state index contributed by atoms with van der Waals surface area (Å²) in [6, 6.07) is 7.71. The monoisotopic (exact) mass is 437 g/mol. The highest BCUT2D eigenvalue weighted by Crippen LogP contribution is 2.27. The van der Waals surface area contributed by atoms with Gasteiger partial charge in [0.1, 0.15) is 34.7 Å². The van der Waals surface area contributed by atoms with Crippen LogP contribution in [0, 0.1) is 13.8 Å². The fourth-order valence-corrected chi connectivity index (χ4v) is 4.77. The molecule has 5 rings (SSSR count). The molecule has 0 radical (unpaired) electrons. The van der Waals surface area contributed by atoms with Crippen LogP contribution in [0.25, 0.3) is 26.9 Å². The summed E-state index contributed by atoms with van der Waals surface area (Å²) in [5.41, 5.74) is 8.97. The van der Waals surface area contributed by atoms with E-state index in [1.54, 1.807) is 9.25 Å². The number of anilines is 1. The first-order valence-corrected chi connectivity index (χ1v) is 10.4.